The van der Waals surface area contributed by atoms with Crippen molar-refractivity contribution >= 4 is 17.7 Å². The quantitative estimate of drug-likeness (QED) is 0.818. The Morgan fingerprint density at radius 1 is 1.07 bits per heavy atom. The van der Waals surface area contributed by atoms with E-state index in [2.05, 4.69) is 28.2 Å². The Bertz CT molecular complexity index is 730. The number of rotatable bonds is 4. The molecule has 0 atom stereocenters. The van der Waals surface area contributed by atoms with Gasteiger partial charge in [0.1, 0.15) is 5.60 Å². The number of piperidine rings is 1. The molecule has 3 rings (SSSR count). The summed E-state index contributed by atoms with van der Waals surface area (Å²) in [6.45, 7) is 11.7. The van der Waals surface area contributed by atoms with E-state index in [9.17, 15) is 9.59 Å². The second kappa shape index (κ2) is 9.79. The summed E-state index contributed by atoms with van der Waals surface area (Å²) in [6, 6.07) is 7.97. The predicted octanol–water partition coefficient (Wildman–Crippen LogP) is 2.99. The van der Waals surface area contributed by atoms with Crippen LogP contribution in [0, 0.1) is 0 Å². The Balaban J connectivity index is 1.49. The first-order valence-corrected chi connectivity index (χ1v) is 11.0. The Hall–Kier alpha value is -2.12. The predicted molar refractivity (Wildman–Crippen MR) is 119 cm³/mol. The molecule has 0 aromatic heterocycles. The van der Waals surface area contributed by atoms with E-state index in [1.54, 1.807) is 0 Å². The number of likely N-dealkylation sites (N-methyl/N-ethyl adjacent to an activating group) is 1. The van der Waals surface area contributed by atoms with Crippen LogP contribution in [0.3, 0.4) is 0 Å². The van der Waals surface area contributed by atoms with Gasteiger partial charge in [-0.1, -0.05) is 12.1 Å². The Kier molecular flexibility index (Phi) is 7.36. The van der Waals surface area contributed by atoms with E-state index < -0.39 is 11.7 Å². The molecule has 2 saturated heterocycles. The molecule has 2 aliphatic rings. The topological polar surface area (TPSA) is 65.1 Å². The maximum Gasteiger partial charge on any atom is 0.412 e. The lowest BCUT2D eigenvalue weighted by Gasteiger charge is -2.36. The number of piperazine rings is 1. The van der Waals surface area contributed by atoms with Crippen molar-refractivity contribution in [3.8, 4) is 0 Å². The van der Waals surface area contributed by atoms with Gasteiger partial charge in [-0.2, -0.15) is 0 Å². The molecule has 166 valence electrons. The highest BCUT2D eigenvalue weighted by Gasteiger charge is 2.26. The summed E-state index contributed by atoms with van der Waals surface area (Å²) in [5, 5.41) is 2.82. The number of hydrogen-bond donors (Lipinski definition) is 1. The highest BCUT2D eigenvalue weighted by molar-refractivity contribution is 5.85. The summed E-state index contributed by atoms with van der Waals surface area (Å²) in [6.07, 6.45) is 1.46. The minimum Gasteiger partial charge on any atom is -0.444 e. The summed E-state index contributed by atoms with van der Waals surface area (Å²) in [5.41, 5.74) is 1.43. The van der Waals surface area contributed by atoms with Gasteiger partial charge in [0.15, 0.2) is 0 Å². The Morgan fingerprint density at radius 3 is 2.37 bits per heavy atom. The van der Waals surface area contributed by atoms with Gasteiger partial charge in [0.2, 0.25) is 5.91 Å². The average molecular weight is 417 g/mol. The van der Waals surface area contributed by atoms with Crippen LogP contribution in [0.25, 0.3) is 0 Å². The van der Waals surface area contributed by atoms with Crippen molar-refractivity contribution in [1.82, 2.24) is 14.7 Å². The normalized spacial score (nSPS) is 19.5. The summed E-state index contributed by atoms with van der Waals surface area (Å²) in [5.74, 6) is 0.649. The molecule has 2 amide bonds. The monoisotopic (exact) mass is 416 g/mol. The van der Waals surface area contributed by atoms with Crippen molar-refractivity contribution in [3.63, 3.8) is 0 Å². The molecule has 1 N–H and O–H groups in total. The molecule has 0 saturated carbocycles. The van der Waals surface area contributed by atoms with Gasteiger partial charge in [-0.05, 0) is 64.3 Å². The first-order valence-electron chi connectivity index (χ1n) is 11.0. The molecule has 0 spiro atoms. The van der Waals surface area contributed by atoms with E-state index in [1.165, 1.54) is 5.56 Å². The molecule has 0 aliphatic carbocycles. The second-order valence-electron chi connectivity index (χ2n) is 9.49. The molecule has 1 aromatic carbocycles. The number of benzene rings is 1. The molecule has 7 heteroatoms. The van der Waals surface area contributed by atoms with Crippen LogP contribution in [0.2, 0.25) is 0 Å². The van der Waals surface area contributed by atoms with Crippen LogP contribution in [0.15, 0.2) is 24.3 Å². The molecule has 7 nitrogen and oxygen atoms in total. The summed E-state index contributed by atoms with van der Waals surface area (Å²) < 4.78 is 5.33. The fraction of sp³-hybridized carbons (Fsp3) is 0.652. The van der Waals surface area contributed by atoms with E-state index in [0.29, 0.717) is 12.5 Å². The fourth-order valence-corrected chi connectivity index (χ4v) is 4.05. The van der Waals surface area contributed by atoms with Crippen molar-refractivity contribution in [2.24, 2.45) is 0 Å². The molecule has 0 unspecified atom stereocenters. The molecule has 2 heterocycles. The van der Waals surface area contributed by atoms with Gasteiger partial charge in [-0.3, -0.25) is 15.0 Å². The van der Waals surface area contributed by atoms with Crippen LogP contribution in [-0.4, -0.2) is 85.2 Å². The zero-order valence-corrected chi connectivity index (χ0v) is 18.8. The first kappa shape index (κ1) is 22.6. The standard InChI is InChI=1S/C23H36N4O3/c1-23(2,3)30-22(29)24-20-7-5-6-19(16-20)18-8-10-27(11-9-18)21(28)17-26-14-12-25(4)13-15-26/h5-7,16,18H,8-15,17H2,1-4H3,(H,24,29). The average Bonchev–Trinajstić information content (AvgIpc) is 2.68. The third kappa shape index (κ3) is 6.71. The minimum atomic E-state index is -0.523. The number of likely N-dealkylation sites (tertiary alicyclic amines) is 1. The van der Waals surface area contributed by atoms with E-state index in [1.807, 2.05) is 43.9 Å². The summed E-state index contributed by atoms with van der Waals surface area (Å²) >= 11 is 0. The van der Waals surface area contributed by atoms with E-state index in [4.69, 9.17) is 4.74 Å². The maximum absolute atomic E-state index is 12.7. The van der Waals surface area contributed by atoms with Crippen molar-refractivity contribution in [2.45, 2.75) is 45.1 Å². The van der Waals surface area contributed by atoms with E-state index in [-0.39, 0.29) is 5.91 Å². The number of amides is 2. The number of carbonyl (C=O) groups excluding carboxylic acids is 2. The van der Waals surface area contributed by atoms with Gasteiger partial charge in [0.25, 0.3) is 0 Å². The first-order chi connectivity index (χ1) is 14.2. The molecular formula is C23H36N4O3. The minimum absolute atomic E-state index is 0.248. The van der Waals surface area contributed by atoms with Crippen LogP contribution >= 0.6 is 0 Å². The number of nitrogens with zero attached hydrogens (tertiary/aromatic N) is 3. The van der Waals surface area contributed by atoms with Crippen molar-refractivity contribution in [2.75, 3.05) is 58.2 Å². The van der Waals surface area contributed by atoms with E-state index >= 15 is 0 Å². The number of hydrogen-bond acceptors (Lipinski definition) is 5. The molecule has 0 bridgehead atoms. The van der Waals surface area contributed by atoms with Gasteiger partial charge >= 0.3 is 6.09 Å². The largest absolute Gasteiger partial charge is 0.444 e. The smallest absolute Gasteiger partial charge is 0.412 e. The number of anilines is 1. The second-order valence-corrected chi connectivity index (χ2v) is 9.49. The molecule has 2 aliphatic heterocycles. The third-order valence-electron chi connectivity index (χ3n) is 5.81. The molecule has 2 fully saturated rings. The Morgan fingerprint density at radius 2 is 1.73 bits per heavy atom. The van der Waals surface area contributed by atoms with Gasteiger partial charge < -0.3 is 14.5 Å². The summed E-state index contributed by atoms with van der Waals surface area (Å²) in [4.78, 5) is 31.3. The molecule has 30 heavy (non-hydrogen) atoms. The zero-order chi connectivity index (χ0) is 21.7. The van der Waals surface area contributed by atoms with Gasteiger partial charge in [-0.15, -0.1) is 0 Å². The van der Waals surface area contributed by atoms with Crippen LogP contribution in [0.4, 0.5) is 10.5 Å². The van der Waals surface area contributed by atoms with Crippen molar-refractivity contribution in [3.05, 3.63) is 29.8 Å². The highest BCUT2D eigenvalue weighted by Crippen LogP contribution is 2.29. The maximum atomic E-state index is 12.7. The molecular weight excluding hydrogens is 380 g/mol. The zero-order valence-electron chi connectivity index (χ0n) is 18.8. The SMILES string of the molecule is CN1CCN(CC(=O)N2CCC(c3cccc(NC(=O)OC(C)(C)C)c3)CC2)CC1. The van der Waals surface area contributed by atoms with E-state index in [0.717, 1.165) is 57.8 Å². The third-order valence-corrected chi connectivity index (χ3v) is 5.81. The lowest BCUT2D eigenvalue weighted by molar-refractivity contribution is -0.133. The lowest BCUT2D eigenvalue weighted by atomic mass is 9.89. The van der Waals surface area contributed by atoms with Crippen molar-refractivity contribution in [1.29, 1.82) is 0 Å². The van der Waals surface area contributed by atoms with Crippen LogP contribution in [0.1, 0.15) is 45.1 Å². The van der Waals surface area contributed by atoms with Crippen LogP contribution in [0.5, 0.6) is 0 Å². The highest BCUT2D eigenvalue weighted by atomic mass is 16.6. The molecule has 0 radical (unpaired) electrons. The van der Waals surface area contributed by atoms with Gasteiger partial charge in [0.05, 0.1) is 6.54 Å². The number of carbonyl (C=O) groups is 2. The van der Waals surface area contributed by atoms with Crippen LogP contribution in [-0.2, 0) is 9.53 Å². The fourth-order valence-electron chi connectivity index (χ4n) is 4.05. The molecule has 1 aromatic rings. The number of nitrogens with one attached hydrogen (secondary N) is 1. The van der Waals surface area contributed by atoms with Crippen LogP contribution < -0.4 is 5.32 Å². The Labute approximate surface area is 180 Å². The van der Waals surface area contributed by atoms with Gasteiger partial charge in [0, 0.05) is 45.0 Å². The lowest BCUT2D eigenvalue weighted by Crippen LogP contribution is -2.50. The summed E-state index contributed by atoms with van der Waals surface area (Å²) in [7, 11) is 2.13. The van der Waals surface area contributed by atoms with Crippen molar-refractivity contribution < 1.29 is 14.3 Å². The number of ether oxygens (including phenoxy) is 1. The van der Waals surface area contributed by atoms with Gasteiger partial charge in [-0.25, -0.2) is 4.79 Å².